The van der Waals surface area contributed by atoms with Gasteiger partial charge < -0.3 is 14.4 Å². The zero-order valence-corrected chi connectivity index (χ0v) is 9.78. The van der Waals surface area contributed by atoms with Crippen molar-refractivity contribution in [2.24, 2.45) is 0 Å². The molecular weight excluding hydrogens is 230 g/mol. The maximum absolute atomic E-state index is 11.1. The van der Waals surface area contributed by atoms with Crippen molar-refractivity contribution in [3.8, 4) is 0 Å². The molecule has 16 heavy (non-hydrogen) atoms. The minimum Gasteiger partial charge on any atom is -0.477 e. The molecule has 1 aromatic rings. The highest BCUT2D eigenvalue weighted by atomic mass is 35.5. The van der Waals surface area contributed by atoms with Crippen LogP contribution in [0.25, 0.3) is 0 Å². The topological polar surface area (TPSA) is 51.5 Å². The molecule has 0 bridgehead atoms. The molecule has 1 heterocycles. The van der Waals surface area contributed by atoms with E-state index in [0.29, 0.717) is 5.02 Å². The third-order valence-electron chi connectivity index (χ3n) is 3.11. The van der Waals surface area contributed by atoms with E-state index in [1.165, 1.54) is 6.07 Å². The second kappa shape index (κ2) is 4.47. The minimum atomic E-state index is -0.950. The third-order valence-corrected chi connectivity index (χ3v) is 3.32. The van der Waals surface area contributed by atoms with Gasteiger partial charge in [0.2, 0.25) is 0 Å². The Morgan fingerprint density at radius 3 is 3.00 bits per heavy atom. The van der Waals surface area contributed by atoms with Crippen LogP contribution in [0.1, 0.15) is 35.8 Å². The lowest BCUT2D eigenvalue weighted by molar-refractivity contribution is 0.0628. The summed E-state index contributed by atoms with van der Waals surface area (Å²) in [5, 5.41) is 9.54. The molecule has 4 nitrogen and oxygen atoms in total. The number of carboxylic acids is 1. The zero-order chi connectivity index (χ0) is 11.7. The molecular formula is C11H14ClNO3. The number of aromatic nitrogens is 1. The summed E-state index contributed by atoms with van der Waals surface area (Å²) in [6, 6.07) is 1.57. The van der Waals surface area contributed by atoms with E-state index in [1.807, 2.05) is 0 Å². The van der Waals surface area contributed by atoms with E-state index in [0.717, 1.165) is 19.3 Å². The van der Waals surface area contributed by atoms with Crippen molar-refractivity contribution in [2.45, 2.75) is 31.4 Å². The Bertz CT molecular complexity index is 402. The first kappa shape index (κ1) is 11.5. The Hall–Kier alpha value is -1.00. The summed E-state index contributed by atoms with van der Waals surface area (Å²) < 4.78 is 7.09. The standard InChI is InChI=1S/C11H14ClNO3/c1-16-10-4-2-3-8(10)13-6-7(12)5-9(13)11(14)15/h5-6,8,10H,2-4H2,1H3,(H,14,15). The van der Waals surface area contributed by atoms with Crippen molar-refractivity contribution in [1.29, 1.82) is 0 Å². The molecule has 1 aromatic heterocycles. The van der Waals surface area contributed by atoms with Gasteiger partial charge in [-0.05, 0) is 25.3 Å². The number of rotatable bonds is 3. The van der Waals surface area contributed by atoms with Crippen LogP contribution >= 0.6 is 11.6 Å². The van der Waals surface area contributed by atoms with Gasteiger partial charge in [-0.3, -0.25) is 0 Å². The number of aromatic carboxylic acids is 1. The first-order valence-corrected chi connectivity index (χ1v) is 5.64. The number of methoxy groups -OCH3 is 1. The molecule has 0 radical (unpaired) electrons. The number of carboxylic acid groups (broad SMARTS) is 1. The zero-order valence-electron chi connectivity index (χ0n) is 9.02. The van der Waals surface area contributed by atoms with Gasteiger partial charge in [0.1, 0.15) is 5.69 Å². The van der Waals surface area contributed by atoms with Crippen LogP contribution in [0, 0.1) is 0 Å². The highest BCUT2D eigenvalue weighted by Crippen LogP contribution is 2.34. The van der Waals surface area contributed by atoms with E-state index >= 15 is 0 Å². The summed E-state index contributed by atoms with van der Waals surface area (Å²) in [5.41, 5.74) is 0.235. The van der Waals surface area contributed by atoms with E-state index in [1.54, 1.807) is 17.9 Å². The number of hydrogen-bond donors (Lipinski definition) is 1. The van der Waals surface area contributed by atoms with Crippen LogP contribution in [0.5, 0.6) is 0 Å². The van der Waals surface area contributed by atoms with Gasteiger partial charge in [0.15, 0.2) is 0 Å². The number of hydrogen-bond acceptors (Lipinski definition) is 2. The molecule has 1 fully saturated rings. The number of nitrogens with zero attached hydrogens (tertiary/aromatic N) is 1. The molecule has 1 aliphatic carbocycles. The molecule has 0 spiro atoms. The number of halogens is 1. The van der Waals surface area contributed by atoms with Crippen LogP contribution in [-0.2, 0) is 4.74 Å². The van der Waals surface area contributed by atoms with Gasteiger partial charge >= 0.3 is 5.97 Å². The average molecular weight is 244 g/mol. The summed E-state index contributed by atoms with van der Waals surface area (Å²) in [7, 11) is 1.66. The van der Waals surface area contributed by atoms with Crippen LogP contribution in [-0.4, -0.2) is 28.9 Å². The SMILES string of the molecule is COC1CCCC1n1cc(Cl)cc1C(=O)O. The van der Waals surface area contributed by atoms with Gasteiger partial charge in [-0.25, -0.2) is 4.79 Å². The lowest BCUT2D eigenvalue weighted by atomic mass is 10.2. The second-order valence-corrected chi connectivity index (χ2v) is 4.46. The van der Waals surface area contributed by atoms with E-state index in [9.17, 15) is 4.79 Å². The van der Waals surface area contributed by atoms with Crippen molar-refractivity contribution in [1.82, 2.24) is 4.57 Å². The minimum absolute atomic E-state index is 0.0848. The normalized spacial score (nSPS) is 24.9. The van der Waals surface area contributed by atoms with Gasteiger partial charge in [-0.1, -0.05) is 11.6 Å². The molecule has 88 valence electrons. The van der Waals surface area contributed by atoms with Crippen LogP contribution in [0.3, 0.4) is 0 Å². The van der Waals surface area contributed by atoms with Crippen LogP contribution in [0.15, 0.2) is 12.3 Å². The summed E-state index contributed by atoms with van der Waals surface area (Å²) in [6.45, 7) is 0. The van der Waals surface area contributed by atoms with E-state index in [4.69, 9.17) is 21.4 Å². The summed E-state index contributed by atoms with van der Waals surface area (Å²) in [6.07, 6.45) is 4.71. The second-order valence-electron chi connectivity index (χ2n) is 4.03. The van der Waals surface area contributed by atoms with Crippen LogP contribution in [0.4, 0.5) is 0 Å². The largest absolute Gasteiger partial charge is 0.477 e. The predicted octanol–water partition coefficient (Wildman–Crippen LogP) is 2.58. The molecule has 1 aliphatic rings. The fourth-order valence-electron chi connectivity index (χ4n) is 2.39. The summed E-state index contributed by atoms with van der Waals surface area (Å²) in [5.74, 6) is -0.950. The van der Waals surface area contributed by atoms with E-state index in [2.05, 4.69) is 0 Å². The molecule has 0 aromatic carbocycles. The van der Waals surface area contributed by atoms with Crippen LogP contribution in [0.2, 0.25) is 5.02 Å². The van der Waals surface area contributed by atoms with Crippen molar-refractivity contribution in [2.75, 3.05) is 7.11 Å². The van der Waals surface area contributed by atoms with Gasteiger partial charge in [0.25, 0.3) is 0 Å². The Kier molecular flexibility index (Phi) is 3.21. The van der Waals surface area contributed by atoms with Crippen LogP contribution < -0.4 is 0 Å². The Morgan fingerprint density at radius 1 is 1.62 bits per heavy atom. The first-order valence-electron chi connectivity index (χ1n) is 5.27. The lowest BCUT2D eigenvalue weighted by Gasteiger charge is -2.21. The van der Waals surface area contributed by atoms with Crippen molar-refractivity contribution >= 4 is 17.6 Å². The fraction of sp³-hybridized carbons (Fsp3) is 0.545. The molecule has 2 atom stereocenters. The molecule has 0 amide bonds. The number of carbonyl (C=O) groups is 1. The summed E-state index contributed by atoms with van der Waals surface area (Å²) >= 11 is 5.85. The fourth-order valence-corrected chi connectivity index (χ4v) is 2.60. The van der Waals surface area contributed by atoms with Gasteiger partial charge in [0, 0.05) is 13.3 Å². The maximum atomic E-state index is 11.1. The predicted molar refractivity (Wildman–Crippen MR) is 60.1 cm³/mol. The lowest BCUT2D eigenvalue weighted by Crippen LogP contribution is -2.22. The summed E-state index contributed by atoms with van der Waals surface area (Å²) in [4.78, 5) is 11.1. The quantitative estimate of drug-likeness (QED) is 0.888. The first-order chi connectivity index (χ1) is 7.63. The average Bonchev–Trinajstić information content (AvgIpc) is 2.82. The van der Waals surface area contributed by atoms with E-state index in [-0.39, 0.29) is 17.8 Å². The molecule has 1 saturated carbocycles. The van der Waals surface area contributed by atoms with Gasteiger partial charge in [-0.2, -0.15) is 0 Å². The third kappa shape index (κ3) is 1.95. The van der Waals surface area contributed by atoms with Crippen molar-refractivity contribution < 1.29 is 14.6 Å². The maximum Gasteiger partial charge on any atom is 0.352 e. The Balaban J connectivity index is 2.35. The Morgan fingerprint density at radius 2 is 2.38 bits per heavy atom. The molecule has 2 rings (SSSR count). The molecule has 0 aliphatic heterocycles. The van der Waals surface area contributed by atoms with E-state index < -0.39 is 5.97 Å². The molecule has 1 N–H and O–H groups in total. The monoisotopic (exact) mass is 243 g/mol. The van der Waals surface area contributed by atoms with Crippen molar-refractivity contribution in [3.05, 3.63) is 23.0 Å². The highest BCUT2D eigenvalue weighted by Gasteiger charge is 2.31. The highest BCUT2D eigenvalue weighted by molar-refractivity contribution is 6.30. The van der Waals surface area contributed by atoms with Gasteiger partial charge in [0.05, 0.1) is 17.2 Å². The molecule has 5 heteroatoms. The number of ether oxygens (including phenoxy) is 1. The smallest absolute Gasteiger partial charge is 0.352 e. The van der Waals surface area contributed by atoms with Gasteiger partial charge in [-0.15, -0.1) is 0 Å². The molecule has 0 saturated heterocycles. The molecule has 2 unspecified atom stereocenters. The Labute approximate surface area is 98.8 Å². The van der Waals surface area contributed by atoms with Crippen molar-refractivity contribution in [3.63, 3.8) is 0 Å².